The Morgan fingerprint density at radius 2 is 2.53 bits per heavy atom. The first kappa shape index (κ1) is 12.0. The summed E-state index contributed by atoms with van der Waals surface area (Å²) in [5.41, 5.74) is 2.11. The van der Waals surface area contributed by atoms with Crippen LogP contribution in [0.25, 0.3) is 0 Å². The fourth-order valence-electron chi connectivity index (χ4n) is 1.04. The molecule has 0 saturated carbocycles. The third kappa shape index (κ3) is 3.88. The van der Waals surface area contributed by atoms with Gasteiger partial charge in [0.2, 0.25) is 5.91 Å². The summed E-state index contributed by atoms with van der Waals surface area (Å²) in [5.74, 6) is 4.85. The summed E-state index contributed by atoms with van der Waals surface area (Å²) < 4.78 is 1.71. The Balaban J connectivity index is 2.33. The second-order valence-corrected chi connectivity index (χ2v) is 4.61. The van der Waals surface area contributed by atoms with Crippen LogP contribution in [0.15, 0.2) is 11.5 Å². The SMILES string of the molecule is CC(CCC(=O)NN)Sc1ncnn1C. The van der Waals surface area contributed by atoms with E-state index < -0.39 is 0 Å². The molecule has 0 aliphatic rings. The summed E-state index contributed by atoms with van der Waals surface area (Å²) >= 11 is 1.60. The minimum absolute atomic E-state index is 0.139. The van der Waals surface area contributed by atoms with Crippen molar-refractivity contribution < 1.29 is 4.79 Å². The van der Waals surface area contributed by atoms with E-state index in [0.29, 0.717) is 11.7 Å². The molecule has 0 aliphatic carbocycles. The monoisotopic (exact) mass is 229 g/mol. The predicted octanol–water partition coefficient (Wildman–Crippen LogP) is 0.0658. The first-order valence-electron chi connectivity index (χ1n) is 4.63. The zero-order chi connectivity index (χ0) is 11.3. The third-order valence-electron chi connectivity index (χ3n) is 1.92. The number of nitrogens with two attached hydrogens (primary N) is 1. The fraction of sp³-hybridized carbons (Fsp3) is 0.625. The van der Waals surface area contributed by atoms with E-state index in [1.54, 1.807) is 16.4 Å². The molecule has 1 aromatic rings. The number of carbonyl (C=O) groups excluding carboxylic acids is 1. The molecular formula is C8H15N5OS. The molecule has 6 nitrogen and oxygen atoms in total. The molecule has 1 rings (SSSR count). The van der Waals surface area contributed by atoms with Crippen molar-refractivity contribution in [2.24, 2.45) is 12.9 Å². The van der Waals surface area contributed by atoms with Crippen LogP contribution in [0.1, 0.15) is 19.8 Å². The molecule has 0 radical (unpaired) electrons. The van der Waals surface area contributed by atoms with Gasteiger partial charge in [0.05, 0.1) is 0 Å². The number of aromatic nitrogens is 3. The molecule has 0 aliphatic heterocycles. The van der Waals surface area contributed by atoms with Crippen LogP contribution in [0.4, 0.5) is 0 Å². The second kappa shape index (κ2) is 5.72. The second-order valence-electron chi connectivity index (χ2n) is 3.20. The average Bonchev–Trinajstić information content (AvgIpc) is 2.61. The van der Waals surface area contributed by atoms with Gasteiger partial charge in [0.25, 0.3) is 0 Å². The highest BCUT2D eigenvalue weighted by molar-refractivity contribution is 7.99. The molecule has 0 spiro atoms. The molecule has 1 heterocycles. The summed E-state index contributed by atoms with van der Waals surface area (Å²) in [7, 11) is 1.84. The summed E-state index contributed by atoms with van der Waals surface area (Å²) in [6, 6.07) is 0. The first-order chi connectivity index (χ1) is 7.13. The highest BCUT2D eigenvalue weighted by Gasteiger charge is 2.10. The van der Waals surface area contributed by atoms with Gasteiger partial charge in [-0.25, -0.2) is 15.5 Å². The Hall–Kier alpha value is -1.08. The standard InChI is InChI=1S/C8H15N5OS/c1-6(3-4-7(14)12-9)15-8-10-5-11-13(8)2/h5-6H,3-4,9H2,1-2H3,(H,12,14). The summed E-state index contributed by atoms with van der Waals surface area (Å²) in [4.78, 5) is 15.0. The minimum atomic E-state index is -0.139. The number of nitrogens with zero attached hydrogens (tertiary/aromatic N) is 3. The van der Waals surface area contributed by atoms with E-state index >= 15 is 0 Å². The number of nitrogens with one attached hydrogen (secondary N) is 1. The van der Waals surface area contributed by atoms with Crippen molar-refractivity contribution >= 4 is 17.7 Å². The van der Waals surface area contributed by atoms with E-state index in [4.69, 9.17) is 5.84 Å². The largest absolute Gasteiger partial charge is 0.294 e. The zero-order valence-corrected chi connectivity index (χ0v) is 9.62. The predicted molar refractivity (Wildman–Crippen MR) is 57.9 cm³/mol. The maximum absolute atomic E-state index is 10.9. The van der Waals surface area contributed by atoms with Gasteiger partial charge in [-0.15, -0.1) is 0 Å². The number of hydrogen-bond donors (Lipinski definition) is 2. The third-order valence-corrected chi connectivity index (χ3v) is 3.13. The fourth-order valence-corrected chi connectivity index (χ4v) is 1.94. The van der Waals surface area contributed by atoms with Gasteiger partial charge < -0.3 is 0 Å². The van der Waals surface area contributed by atoms with Gasteiger partial charge in [0, 0.05) is 18.7 Å². The van der Waals surface area contributed by atoms with E-state index in [-0.39, 0.29) is 5.91 Å². The molecule has 0 bridgehead atoms. The Morgan fingerprint density at radius 1 is 1.80 bits per heavy atom. The van der Waals surface area contributed by atoms with Crippen LogP contribution in [0, 0.1) is 0 Å². The van der Waals surface area contributed by atoms with Gasteiger partial charge in [0.15, 0.2) is 5.16 Å². The van der Waals surface area contributed by atoms with Crippen LogP contribution in [-0.2, 0) is 11.8 Å². The number of rotatable bonds is 5. The lowest BCUT2D eigenvalue weighted by molar-refractivity contribution is -0.121. The number of hydrogen-bond acceptors (Lipinski definition) is 5. The van der Waals surface area contributed by atoms with Crippen molar-refractivity contribution in [2.75, 3.05) is 0 Å². The topological polar surface area (TPSA) is 85.8 Å². The molecule has 1 amide bonds. The molecular weight excluding hydrogens is 214 g/mol. The van der Waals surface area contributed by atoms with E-state index in [1.165, 1.54) is 6.33 Å². The normalized spacial score (nSPS) is 12.5. The maximum atomic E-state index is 10.9. The van der Waals surface area contributed by atoms with Crippen molar-refractivity contribution in [3.63, 3.8) is 0 Å². The number of thioether (sulfide) groups is 1. The molecule has 7 heteroatoms. The Labute approximate surface area is 92.6 Å². The lowest BCUT2D eigenvalue weighted by Gasteiger charge is -2.08. The molecule has 0 aromatic carbocycles. The molecule has 3 N–H and O–H groups in total. The molecule has 0 saturated heterocycles. The van der Waals surface area contributed by atoms with Crippen molar-refractivity contribution in [3.8, 4) is 0 Å². The first-order valence-corrected chi connectivity index (χ1v) is 5.51. The summed E-state index contributed by atoms with van der Waals surface area (Å²) in [6.07, 6.45) is 2.71. The number of amides is 1. The van der Waals surface area contributed by atoms with Crippen molar-refractivity contribution in [1.82, 2.24) is 20.2 Å². The molecule has 0 fully saturated rings. The van der Waals surface area contributed by atoms with Crippen LogP contribution in [0.5, 0.6) is 0 Å². The number of carbonyl (C=O) groups is 1. The van der Waals surface area contributed by atoms with Gasteiger partial charge in [-0.05, 0) is 6.42 Å². The Bertz CT molecular complexity index is 327. The quantitative estimate of drug-likeness (QED) is 0.323. The van der Waals surface area contributed by atoms with Gasteiger partial charge in [-0.1, -0.05) is 18.7 Å². The summed E-state index contributed by atoms with van der Waals surface area (Å²) in [5, 5.41) is 5.13. The lowest BCUT2D eigenvalue weighted by atomic mass is 10.2. The lowest BCUT2D eigenvalue weighted by Crippen LogP contribution is -2.30. The zero-order valence-electron chi connectivity index (χ0n) is 8.80. The molecule has 1 atom stereocenters. The van der Waals surface area contributed by atoms with E-state index in [2.05, 4.69) is 15.5 Å². The van der Waals surface area contributed by atoms with Crippen LogP contribution in [0.3, 0.4) is 0 Å². The Morgan fingerprint density at radius 3 is 3.07 bits per heavy atom. The van der Waals surface area contributed by atoms with Gasteiger partial charge in [-0.2, -0.15) is 5.10 Å². The maximum Gasteiger partial charge on any atom is 0.233 e. The molecule has 1 unspecified atom stereocenters. The van der Waals surface area contributed by atoms with Crippen LogP contribution < -0.4 is 11.3 Å². The average molecular weight is 229 g/mol. The smallest absolute Gasteiger partial charge is 0.233 e. The van der Waals surface area contributed by atoms with Crippen molar-refractivity contribution in [1.29, 1.82) is 0 Å². The van der Waals surface area contributed by atoms with E-state index in [0.717, 1.165) is 11.6 Å². The minimum Gasteiger partial charge on any atom is -0.294 e. The summed E-state index contributed by atoms with van der Waals surface area (Å²) in [6.45, 7) is 2.04. The van der Waals surface area contributed by atoms with E-state index in [1.807, 2.05) is 14.0 Å². The van der Waals surface area contributed by atoms with Crippen LogP contribution >= 0.6 is 11.8 Å². The highest BCUT2D eigenvalue weighted by atomic mass is 32.2. The van der Waals surface area contributed by atoms with Crippen LogP contribution in [-0.4, -0.2) is 25.9 Å². The van der Waals surface area contributed by atoms with Crippen LogP contribution in [0.2, 0.25) is 0 Å². The van der Waals surface area contributed by atoms with E-state index in [9.17, 15) is 4.79 Å². The van der Waals surface area contributed by atoms with Gasteiger partial charge >= 0.3 is 0 Å². The molecule has 84 valence electrons. The van der Waals surface area contributed by atoms with Crippen molar-refractivity contribution in [3.05, 3.63) is 6.33 Å². The van der Waals surface area contributed by atoms with Gasteiger partial charge in [0.1, 0.15) is 6.33 Å². The van der Waals surface area contributed by atoms with Crippen molar-refractivity contribution in [2.45, 2.75) is 30.2 Å². The molecule has 15 heavy (non-hydrogen) atoms. The molecule has 1 aromatic heterocycles. The van der Waals surface area contributed by atoms with Gasteiger partial charge in [-0.3, -0.25) is 10.2 Å². The Kier molecular flexibility index (Phi) is 4.57. The number of aryl methyl sites for hydroxylation is 1. The number of hydrazine groups is 1. The highest BCUT2D eigenvalue weighted by Crippen LogP contribution is 2.22.